The second-order valence-electron chi connectivity index (χ2n) is 2.45. The third kappa shape index (κ3) is 4.35. The molecule has 0 bridgehead atoms. The van der Waals surface area contributed by atoms with Crippen molar-refractivity contribution >= 4 is 29.3 Å². The summed E-state index contributed by atoms with van der Waals surface area (Å²) in [7, 11) is 0. The molecule has 1 aromatic carbocycles. The summed E-state index contributed by atoms with van der Waals surface area (Å²) in [5, 5.41) is 0. The monoisotopic (exact) mass is 228 g/mol. The van der Waals surface area contributed by atoms with Gasteiger partial charge in [0.05, 0.1) is 0 Å². The van der Waals surface area contributed by atoms with Gasteiger partial charge in [0, 0.05) is 11.8 Å². The van der Waals surface area contributed by atoms with Crippen LogP contribution in [0.2, 0.25) is 0 Å². The number of hydrogen-bond acceptors (Lipinski definition) is 3. The highest BCUT2D eigenvalue weighted by atomic mass is 35.5. The van der Waals surface area contributed by atoms with Crippen LogP contribution in [0.15, 0.2) is 45.9 Å². The van der Waals surface area contributed by atoms with E-state index in [9.17, 15) is 4.79 Å². The Labute approximate surface area is 91.9 Å². The zero-order valence-corrected chi connectivity index (χ0v) is 9.14. The van der Waals surface area contributed by atoms with Gasteiger partial charge in [-0.05, 0) is 12.1 Å². The molecule has 0 aliphatic carbocycles. The molecule has 74 valence electrons. The summed E-state index contributed by atoms with van der Waals surface area (Å²) in [5.41, 5.74) is 0. The molecule has 0 aliphatic heterocycles. The lowest BCUT2D eigenvalue weighted by molar-refractivity contribution is -0.135. The standard InChI is InChI=1S/C10H9ClO2S/c1-8(12)13-7-10(11)14-9-5-3-2-4-6-9/h2-7H,1H3. The minimum atomic E-state index is -0.378. The van der Waals surface area contributed by atoms with Crippen molar-refractivity contribution < 1.29 is 9.53 Å². The van der Waals surface area contributed by atoms with Gasteiger partial charge in [-0.1, -0.05) is 41.6 Å². The van der Waals surface area contributed by atoms with E-state index in [1.54, 1.807) is 0 Å². The first-order chi connectivity index (χ1) is 6.68. The maximum atomic E-state index is 10.5. The number of rotatable bonds is 3. The van der Waals surface area contributed by atoms with E-state index < -0.39 is 0 Å². The van der Waals surface area contributed by atoms with Crippen LogP contribution >= 0.6 is 23.4 Å². The third-order valence-electron chi connectivity index (χ3n) is 1.28. The van der Waals surface area contributed by atoms with E-state index in [1.165, 1.54) is 24.9 Å². The molecule has 0 N–H and O–H groups in total. The van der Waals surface area contributed by atoms with Crippen molar-refractivity contribution in [3.63, 3.8) is 0 Å². The molecule has 0 fully saturated rings. The van der Waals surface area contributed by atoms with Crippen LogP contribution in [-0.2, 0) is 9.53 Å². The predicted octanol–water partition coefficient (Wildman–Crippen LogP) is 3.38. The number of esters is 1. The van der Waals surface area contributed by atoms with Crippen LogP contribution in [0.1, 0.15) is 6.92 Å². The summed E-state index contributed by atoms with van der Waals surface area (Å²) in [5.74, 6) is -0.378. The smallest absolute Gasteiger partial charge is 0.307 e. The zero-order valence-electron chi connectivity index (χ0n) is 7.57. The molecule has 1 aromatic rings. The summed E-state index contributed by atoms with van der Waals surface area (Å²) in [6.07, 6.45) is 1.24. The van der Waals surface area contributed by atoms with E-state index in [-0.39, 0.29) is 5.97 Å². The maximum Gasteiger partial charge on any atom is 0.307 e. The number of carbonyl (C=O) groups excluding carboxylic acids is 1. The summed E-state index contributed by atoms with van der Waals surface area (Å²) in [4.78, 5) is 11.5. The fourth-order valence-corrected chi connectivity index (χ4v) is 1.68. The van der Waals surface area contributed by atoms with Crippen LogP contribution in [0.25, 0.3) is 0 Å². The molecule has 1 rings (SSSR count). The van der Waals surface area contributed by atoms with Gasteiger partial charge in [-0.2, -0.15) is 0 Å². The molecule has 14 heavy (non-hydrogen) atoms. The lowest BCUT2D eigenvalue weighted by Gasteiger charge is -1.98. The molecule has 0 unspecified atom stereocenters. The highest BCUT2D eigenvalue weighted by Gasteiger charge is 1.97. The van der Waals surface area contributed by atoms with Crippen molar-refractivity contribution in [3.05, 3.63) is 41.0 Å². The van der Waals surface area contributed by atoms with Gasteiger partial charge in [0.15, 0.2) is 0 Å². The normalized spacial score (nSPS) is 11.1. The Kier molecular flexibility index (Phi) is 4.56. The Bertz CT molecular complexity index is 335. The van der Waals surface area contributed by atoms with E-state index >= 15 is 0 Å². The van der Waals surface area contributed by atoms with Gasteiger partial charge in [-0.3, -0.25) is 4.79 Å². The largest absolute Gasteiger partial charge is 0.433 e. The highest BCUT2D eigenvalue weighted by molar-refractivity contribution is 8.04. The van der Waals surface area contributed by atoms with Crippen LogP contribution in [0.5, 0.6) is 0 Å². The average molecular weight is 229 g/mol. The van der Waals surface area contributed by atoms with E-state index in [0.29, 0.717) is 4.36 Å². The minimum absolute atomic E-state index is 0.378. The molecule has 0 aromatic heterocycles. The van der Waals surface area contributed by atoms with Crippen LogP contribution < -0.4 is 0 Å². The van der Waals surface area contributed by atoms with Crippen LogP contribution in [0, 0.1) is 0 Å². The number of ether oxygens (including phenoxy) is 1. The molecule has 0 amide bonds. The van der Waals surface area contributed by atoms with Crippen molar-refractivity contribution in [1.29, 1.82) is 0 Å². The fraction of sp³-hybridized carbons (Fsp3) is 0.100. The SMILES string of the molecule is CC(=O)OC=C(Cl)Sc1ccccc1. The Hall–Kier alpha value is -0.930. The van der Waals surface area contributed by atoms with Crippen molar-refractivity contribution in [3.8, 4) is 0 Å². The van der Waals surface area contributed by atoms with Crippen LogP contribution in [0.3, 0.4) is 0 Å². The molecule has 0 aliphatic rings. The number of carbonyl (C=O) groups is 1. The first-order valence-electron chi connectivity index (χ1n) is 3.94. The van der Waals surface area contributed by atoms with E-state index in [1.807, 2.05) is 30.3 Å². The summed E-state index contributed by atoms with van der Waals surface area (Å²) in [6.45, 7) is 1.33. The van der Waals surface area contributed by atoms with Crippen LogP contribution in [0.4, 0.5) is 0 Å². The molecule has 0 spiro atoms. The molecule has 0 atom stereocenters. The Morgan fingerprint density at radius 2 is 2.07 bits per heavy atom. The first-order valence-corrected chi connectivity index (χ1v) is 5.14. The average Bonchev–Trinajstić information content (AvgIpc) is 2.16. The van der Waals surface area contributed by atoms with Crippen molar-refractivity contribution in [2.45, 2.75) is 11.8 Å². The second kappa shape index (κ2) is 5.73. The summed E-state index contributed by atoms with van der Waals surface area (Å²) in [6, 6.07) is 9.60. The molecule has 0 radical (unpaired) electrons. The topological polar surface area (TPSA) is 26.3 Å². The van der Waals surface area contributed by atoms with Crippen LogP contribution in [-0.4, -0.2) is 5.97 Å². The lowest BCUT2D eigenvalue weighted by atomic mass is 10.4. The molecular formula is C10H9ClO2S. The summed E-state index contributed by atoms with van der Waals surface area (Å²) >= 11 is 7.14. The lowest BCUT2D eigenvalue weighted by Crippen LogP contribution is -1.89. The van der Waals surface area contributed by atoms with E-state index in [2.05, 4.69) is 4.74 Å². The Balaban J connectivity index is 2.53. The van der Waals surface area contributed by atoms with E-state index in [4.69, 9.17) is 11.6 Å². The molecule has 2 nitrogen and oxygen atoms in total. The number of thioether (sulfide) groups is 1. The highest BCUT2D eigenvalue weighted by Crippen LogP contribution is 2.28. The van der Waals surface area contributed by atoms with Crippen molar-refractivity contribution in [2.24, 2.45) is 0 Å². The molecule has 4 heteroatoms. The van der Waals surface area contributed by atoms with Gasteiger partial charge < -0.3 is 4.74 Å². The fourth-order valence-electron chi connectivity index (χ4n) is 0.754. The third-order valence-corrected chi connectivity index (χ3v) is 2.40. The molecule has 0 heterocycles. The van der Waals surface area contributed by atoms with Gasteiger partial charge in [0.1, 0.15) is 10.6 Å². The number of benzene rings is 1. The van der Waals surface area contributed by atoms with Gasteiger partial charge in [0.2, 0.25) is 0 Å². The van der Waals surface area contributed by atoms with Gasteiger partial charge >= 0.3 is 5.97 Å². The van der Waals surface area contributed by atoms with Gasteiger partial charge in [-0.25, -0.2) is 0 Å². The molecule has 0 saturated carbocycles. The Morgan fingerprint density at radius 1 is 1.43 bits per heavy atom. The maximum absolute atomic E-state index is 10.5. The quantitative estimate of drug-likeness (QED) is 0.451. The predicted molar refractivity (Wildman–Crippen MR) is 58.0 cm³/mol. The Morgan fingerprint density at radius 3 is 2.64 bits per heavy atom. The van der Waals surface area contributed by atoms with Crippen molar-refractivity contribution in [2.75, 3.05) is 0 Å². The number of hydrogen-bond donors (Lipinski definition) is 0. The molecular weight excluding hydrogens is 220 g/mol. The first kappa shape index (κ1) is 11.1. The summed E-state index contributed by atoms with van der Waals surface area (Å²) < 4.78 is 5.04. The molecule has 0 saturated heterocycles. The van der Waals surface area contributed by atoms with Crippen molar-refractivity contribution in [1.82, 2.24) is 0 Å². The number of halogens is 1. The van der Waals surface area contributed by atoms with E-state index in [0.717, 1.165) is 4.90 Å². The van der Waals surface area contributed by atoms with Gasteiger partial charge in [-0.15, -0.1) is 0 Å². The minimum Gasteiger partial charge on any atom is -0.433 e. The second-order valence-corrected chi connectivity index (χ2v) is 4.19. The zero-order chi connectivity index (χ0) is 10.4. The van der Waals surface area contributed by atoms with Gasteiger partial charge in [0.25, 0.3) is 0 Å².